The molecule has 214 valence electrons. The van der Waals surface area contributed by atoms with Gasteiger partial charge in [-0.1, -0.05) is 61.5 Å². The van der Waals surface area contributed by atoms with Crippen LogP contribution in [0.5, 0.6) is 5.75 Å². The number of hydrogen-bond acceptors (Lipinski definition) is 5. The number of methoxy groups -OCH3 is 1. The molecule has 0 unspecified atom stereocenters. The highest BCUT2D eigenvalue weighted by Crippen LogP contribution is 2.23. The van der Waals surface area contributed by atoms with Gasteiger partial charge in [0.1, 0.15) is 24.2 Å². The Morgan fingerprint density at radius 3 is 2.25 bits per heavy atom. The lowest BCUT2D eigenvalue weighted by Gasteiger charge is -2.34. The average Bonchev–Trinajstić information content (AvgIpc) is 2.93. The summed E-state index contributed by atoms with van der Waals surface area (Å²) in [7, 11) is -2.53. The smallest absolute Gasteiger partial charge is 0.244 e. The predicted molar refractivity (Wildman–Crippen MR) is 154 cm³/mol. The highest BCUT2D eigenvalue weighted by Gasteiger charge is 2.34. The van der Waals surface area contributed by atoms with Crippen LogP contribution in [0, 0.1) is 5.82 Å². The second-order valence-corrected chi connectivity index (χ2v) is 11.5. The Morgan fingerprint density at radius 2 is 1.62 bits per heavy atom. The van der Waals surface area contributed by atoms with Gasteiger partial charge >= 0.3 is 0 Å². The lowest BCUT2D eigenvalue weighted by molar-refractivity contribution is -0.140. The molecular formula is C30H36FN3O5S. The van der Waals surface area contributed by atoms with Crippen LogP contribution < -0.4 is 14.4 Å². The summed E-state index contributed by atoms with van der Waals surface area (Å²) < 4.78 is 46.3. The molecule has 0 bridgehead atoms. The molecule has 0 saturated carbocycles. The van der Waals surface area contributed by atoms with Crippen molar-refractivity contribution in [3.8, 4) is 5.75 Å². The van der Waals surface area contributed by atoms with Gasteiger partial charge in [-0.2, -0.15) is 0 Å². The Kier molecular flexibility index (Phi) is 10.7. The normalized spacial score (nSPS) is 12.7. The maximum Gasteiger partial charge on any atom is 0.244 e. The molecule has 0 aromatic heterocycles. The van der Waals surface area contributed by atoms with Crippen LogP contribution in [-0.4, -0.2) is 57.1 Å². The highest BCUT2D eigenvalue weighted by atomic mass is 32.2. The van der Waals surface area contributed by atoms with E-state index in [1.165, 1.54) is 30.2 Å². The fraction of sp³-hybridized carbons (Fsp3) is 0.333. The van der Waals surface area contributed by atoms with Gasteiger partial charge in [-0.15, -0.1) is 0 Å². The summed E-state index contributed by atoms with van der Waals surface area (Å²) in [6, 6.07) is 20.6. The first-order chi connectivity index (χ1) is 19.0. The molecule has 0 heterocycles. The van der Waals surface area contributed by atoms with E-state index in [9.17, 15) is 22.4 Å². The molecule has 0 spiro atoms. The number of anilines is 1. The number of carbonyl (C=O) groups is 2. The molecule has 3 aromatic rings. The number of nitrogens with one attached hydrogen (secondary N) is 1. The first-order valence-electron chi connectivity index (χ1n) is 13.0. The molecule has 2 atom stereocenters. The summed E-state index contributed by atoms with van der Waals surface area (Å²) in [5, 5.41) is 2.97. The Bertz CT molecular complexity index is 1400. The number of ether oxygens (including phenoxy) is 1. The van der Waals surface area contributed by atoms with Gasteiger partial charge < -0.3 is 15.0 Å². The van der Waals surface area contributed by atoms with Crippen molar-refractivity contribution in [1.82, 2.24) is 10.2 Å². The van der Waals surface area contributed by atoms with Crippen LogP contribution in [-0.2, 0) is 32.6 Å². The molecule has 0 saturated heterocycles. The van der Waals surface area contributed by atoms with E-state index < -0.39 is 34.3 Å². The molecule has 0 aliphatic heterocycles. The van der Waals surface area contributed by atoms with E-state index in [0.29, 0.717) is 17.7 Å². The third-order valence-corrected chi connectivity index (χ3v) is 7.69. The van der Waals surface area contributed by atoms with Crippen LogP contribution in [0.4, 0.5) is 10.1 Å². The minimum absolute atomic E-state index is 0.00364. The number of carbonyl (C=O) groups excluding carboxylic acids is 2. The van der Waals surface area contributed by atoms with Gasteiger partial charge in [0.15, 0.2) is 0 Å². The zero-order chi connectivity index (χ0) is 29.3. The van der Waals surface area contributed by atoms with Crippen molar-refractivity contribution in [3.63, 3.8) is 0 Å². The number of rotatable bonds is 13. The second kappa shape index (κ2) is 13.9. The standard InChI is InChI=1S/C30H36FN3O5S/c1-5-22(2)32-30(36)28(19-23-12-7-6-8-13-23)33(20-24-14-11-15-25(18-24)39-3)29(35)21-34(40(4,37)38)27-17-10-9-16-26(27)31/h6-18,22,28H,5,19-21H2,1-4H3,(H,32,36)/t22-,28+/m0/s1. The van der Waals surface area contributed by atoms with E-state index >= 15 is 0 Å². The zero-order valence-corrected chi connectivity index (χ0v) is 24.0. The second-order valence-electron chi connectivity index (χ2n) is 9.62. The summed E-state index contributed by atoms with van der Waals surface area (Å²) in [5.41, 5.74) is 1.26. The van der Waals surface area contributed by atoms with Gasteiger partial charge in [0.05, 0.1) is 19.1 Å². The number of halogens is 1. The lowest BCUT2D eigenvalue weighted by atomic mass is 10.0. The monoisotopic (exact) mass is 569 g/mol. The number of benzene rings is 3. The van der Waals surface area contributed by atoms with E-state index in [4.69, 9.17) is 4.74 Å². The fourth-order valence-corrected chi connectivity index (χ4v) is 5.06. The highest BCUT2D eigenvalue weighted by molar-refractivity contribution is 7.92. The fourth-order valence-electron chi connectivity index (χ4n) is 4.21. The molecular weight excluding hydrogens is 533 g/mol. The maximum atomic E-state index is 14.7. The summed E-state index contributed by atoms with van der Waals surface area (Å²) in [5.74, 6) is -1.24. The average molecular weight is 570 g/mol. The van der Waals surface area contributed by atoms with E-state index in [1.54, 1.807) is 24.3 Å². The van der Waals surface area contributed by atoms with Crippen LogP contribution in [0.15, 0.2) is 78.9 Å². The molecule has 2 amide bonds. The van der Waals surface area contributed by atoms with Crippen molar-refractivity contribution in [2.24, 2.45) is 0 Å². The lowest BCUT2D eigenvalue weighted by Crippen LogP contribution is -2.54. The van der Waals surface area contributed by atoms with Crippen LogP contribution in [0.1, 0.15) is 31.4 Å². The van der Waals surface area contributed by atoms with Crippen LogP contribution in [0.25, 0.3) is 0 Å². The summed E-state index contributed by atoms with van der Waals surface area (Å²) in [6.07, 6.45) is 1.79. The van der Waals surface area contributed by atoms with Crippen molar-refractivity contribution >= 4 is 27.5 Å². The third kappa shape index (κ3) is 8.29. The third-order valence-electron chi connectivity index (χ3n) is 6.56. The molecule has 8 nitrogen and oxygen atoms in total. The van der Waals surface area contributed by atoms with Crippen LogP contribution >= 0.6 is 0 Å². The Labute approximate surface area is 235 Å². The van der Waals surface area contributed by atoms with E-state index in [-0.39, 0.29) is 30.6 Å². The van der Waals surface area contributed by atoms with Gasteiger partial charge in [-0.05, 0) is 48.7 Å². The summed E-state index contributed by atoms with van der Waals surface area (Å²) in [4.78, 5) is 29.0. The first-order valence-corrected chi connectivity index (χ1v) is 14.9. The largest absolute Gasteiger partial charge is 0.497 e. The van der Waals surface area contributed by atoms with E-state index in [2.05, 4.69) is 5.32 Å². The number of sulfonamides is 1. The molecule has 10 heteroatoms. The molecule has 0 radical (unpaired) electrons. The maximum absolute atomic E-state index is 14.7. The van der Waals surface area contributed by atoms with Gasteiger partial charge in [0, 0.05) is 19.0 Å². The first kappa shape index (κ1) is 30.6. The van der Waals surface area contributed by atoms with Crippen molar-refractivity contribution < 1.29 is 27.1 Å². The van der Waals surface area contributed by atoms with Gasteiger partial charge in [-0.3, -0.25) is 13.9 Å². The van der Waals surface area contributed by atoms with Crippen molar-refractivity contribution in [1.29, 1.82) is 0 Å². The Balaban J connectivity index is 2.08. The molecule has 0 aliphatic carbocycles. The number of amides is 2. The molecule has 0 fully saturated rings. The van der Waals surface area contributed by atoms with Crippen LogP contribution in [0.3, 0.4) is 0 Å². The zero-order valence-electron chi connectivity index (χ0n) is 23.2. The van der Waals surface area contributed by atoms with Gasteiger partial charge in [0.2, 0.25) is 21.8 Å². The van der Waals surface area contributed by atoms with Crippen LogP contribution in [0.2, 0.25) is 0 Å². The number of hydrogen-bond donors (Lipinski definition) is 1. The predicted octanol–water partition coefficient (Wildman–Crippen LogP) is 4.16. The van der Waals surface area contributed by atoms with Crippen molar-refractivity contribution in [3.05, 3.63) is 95.8 Å². The molecule has 0 aliphatic rings. The Morgan fingerprint density at radius 1 is 0.975 bits per heavy atom. The minimum Gasteiger partial charge on any atom is -0.497 e. The Hall–Kier alpha value is -3.92. The van der Waals surface area contributed by atoms with Crippen molar-refractivity contribution in [2.45, 2.75) is 45.3 Å². The molecule has 1 N–H and O–H groups in total. The van der Waals surface area contributed by atoms with Gasteiger partial charge in [0.25, 0.3) is 0 Å². The van der Waals surface area contributed by atoms with Gasteiger partial charge in [-0.25, -0.2) is 12.8 Å². The number of para-hydroxylation sites is 1. The minimum atomic E-state index is -4.06. The summed E-state index contributed by atoms with van der Waals surface area (Å²) in [6.45, 7) is 3.12. The number of nitrogens with zero attached hydrogens (tertiary/aromatic N) is 2. The summed E-state index contributed by atoms with van der Waals surface area (Å²) >= 11 is 0. The molecule has 3 rings (SSSR count). The topological polar surface area (TPSA) is 96.0 Å². The van der Waals surface area contributed by atoms with E-state index in [0.717, 1.165) is 22.2 Å². The molecule has 40 heavy (non-hydrogen) atoms. The molecule has 3 aromatic carbocycles. The SMILES string of the molecule is CC[C@H](C)NC(=O)[C@@H](Cc1ccccc1)N(Cc1cccc(OC)c1)C(=O)CN(c1ccccc1F)S(C)(=O)=O. The quantitative estimate of drug-likeness (QED) is 0.334. The van der Waals surface area contributed by atoms with E-state index in [1.807, 2.05) is 44.2 Å². The van der Waals surface area contributed by atoms with Crippen molar-refractivity contribution in [2.75, 3.05) is 24.2 Å².